The monoisotopic (exact) mass is 254 g/mol. The third-order valence-electron chi connectivity index (χ3n) is 3.11. The first-order valence-electron chi connectivity index (χ1n) is 5.49. The van der Waals surface area contributed by atoms with E-state index in [9.17, 15) is 13.2 Å². The van der Waals surface area contributed by atoms with Crippen LogP contribution in [0.3, 0.4) is 0 Å². The molecule has 1 aromatic rings. The van der Waals surface area contributed by atoms with Gasteiger partial charge in [0.1, 0.15) is 0 Å². The van der Waals surface area contributed by atoms with Gasteiger partial charge < -0.3 is 5.11 Å². The summed E-state index contributed by atoms with van der Waals surface area (Å²) < 4.78 is 24.2. The summed E-state index contributed by atoms with van der Waals surface area (Å²) in [6, 6.07) is 5.31. The highest BCUT2D eigenvalue weighted by atomic mass is 32.2. The molecule has 0 spiro atoms. The summed E-state index contributed by atoms with van der Waals surface area (Å²) in [5.74, 6) is -0.911. The molecule has 0 amide bonds. The Morgan fingerprint density at radius 3 is 2.82 bits per heavy atom. The lowest BCUT2D eigenvalue weighted by Crippen LogP contribution is -2.13. The molecule has 4 nitrogen and oxygen atoms in total. The number of hydrogen-bond donors (Lipinski definition) is 1. The first kappa shape index (κ1) is 12.1. The molecule has 0 radical (unpaired) electrons. The average molecular weight is 254 g/mol. The van der Waals surface area contributed by atoms with Crippen LogP contribution in [0, 0.1) is 0 Å². The van der Waals surface area contributed by atoms with Crippen molar-refractivity contribution in [3.05, 3.63) is 29.3 Å². The summed E-state index contributed by atoms with van der Waals surface area (Å²) in [4.78, 5) is 10.9. The summed E-state index contributed by atoms with van der Waals surface area (Å²) in [7, 11) is -3.26. The molecule has 1 unspecified atom stereocenters. The summed E-state index contributed by atoms with van der Waals surface area (Å²) >= 11 is 0. The molecule has 0 bridgehead atoms. The van der Waals surface area contributed by atoms with E-state index in [4.69, 9.17) is 5.11 Å². The van der Waals surface area contributed by atoms with Gasteiger partial charge in [0.15, 0.2) is 9.84 Å². The lowest BCUT2D eigenvalue weighted by molar-refractivity contribution is -0.136. The van der Waals surface area contributed by atoms with E-state index in [2.05, 4.69) is 0 Å². The number of aryl methyl sites for hydroxylation is 1. The molecule has 0 aromatic heterocycles. The molecule has 0 saturated heterocycles. The van der Waals surface area contributed by atoms with Gasteiger partial charge in [-0.2, -0.15) is 0 Å². The zero-order valence-corrected chi connectivity index (χ0v) is 10.3. The third kappa shape index (κ3) is 2.07. The lowest BCUT2D eigenvalue weighted by atomic mass is 10.0. The quantitative estimate of drug-likeness (QED) is 0.885. The summed E-state index contributed by atoms with van der Waals surface area (Å²) in [5.41, 5.74) is 1.45. The molecule has 5 heteroatoms. The van der Waals surface area contributed by atoms with Gasteiger partial charge in [-0.1, -0.05) is 18.2 Å². The van der Waals surface area contributed by atoms with E-state index in [1.165, 1.54) is 0 Å². The van der Waals surface area contributed by atoms with Crippen LogP contribution >= 0.6 is 0 Å². The number of sulfone groups is 1. The van der Waals surface area contributed by atoms with Crippen LogP contribution in [0.5, 0.6) is 0 Å². The number of hydrogen-bond acceptors (Lipinski definition) is 3. The minimum atomic E-state index is -3.26. The SMILES string of the molecule is CC1Cc2cccc(CCC(=O)O)c2S1(=O)=O. The highest BCUT2D eigenvalue weighted by molar-refractivity contribution is 7.92. The fraction of sp³-hybridized carbons (Fsp3) is 0.417. The molecule has 2 rings (SSSR count). The number of carbonyl (C=O) groups is 1. The van der Waals surface area contributed by atoms with Crippen molar-refractivity contribution >= 4 is 15.8 Å². The summed E-state index contributed by atoms with van der Waals surface area (Å²) in [6.07, 6.45) is 0.753. The minimum Gasteiger partial charge on any atom is -0.481 e. The standard InChI is InChI=1S/C12H14O4S/c1-8-7-10-4-2-3-9(5-6-11(13)14)12(10)17(8,15)16/h2-4,8H,5-7H2,1H3,(H,13,14). The predicted molar refractivity (Wildman–Crippen MR) is 62.8 cm³/mol. The molecule has 0 fully saturated rings. The molecule has 1 aliphatic heterocycles. The van der Waals surface area contributed by atoms with Crippen LogP contribution in [0.4, 0.5) is 0 Å². The zero-order valence-electron chi connectivity index (χ0n) is 9.51. The number of carboxylic acids is 1. The molecule has 1 N–H and O–H groups in total. The second kappa shape index (κ2) is 4.14. The van der Waals surface area contributed by atoms with Gasteiger partial charge in [0, 0.05) is 6.42 Å². The normalized spacial score (nSPS) is 21.1. The molecule has 1 atom stereocenters. The van der Waals surface area contributed by atoms with Crippen molar-refractivity contribution in [3.63, 3.8) is 0 Å². The largest absolute Gasteiger partial charge is 0.481 e. The Balaban J connectivity index is 2.45. The van der Waals surface area contributed by atoms with Gasteiger partial charge >= 0.3 is 5.97 Å². The number of carboxylic acid groups (broad SMARTS) is 1. The predicted octanol–water partition coefficient (Wildman–Crippen LogP) is 1.42. The van der Waals surface area contributed by atoms with Gasteiger partial charge in [-0.05, 0) is 30.9 Å². The van der Waals surface area contributed by atoms with E-state index in [-0.39, 0.29) is 12.8 Å². The molecule has 0 aliphatic carbocycles. The van der Waals surface area contributed by atoms with Crippen molar-refractivity contribution in [2.24, 2.45) is 0 Å². The fourth-order valence-electron chi connectivity index (χ4n) is 2.22. The van der Waals surface area contributed by atoms with Crippen LogP contribution in [0.25, 0.3) is 0 Å². The van der Waals surface area contributed by atoms with Crippen LogP contribution in [0.2, 0.25) is 0 Å². The van der Waals surface area contributed by atoms with Crippen LogP contribution in [0.1, 0.15) is 24.5 Å². The molecule has 0 saturated carbocycles. The van der Waals surface area contributed by atoms with Crippen molar-refractivity contribution < 1.29 is 18.3 Å². The molecule has 1 heterocycles. The highest BCUT2D eigenvalue weighted by Gasteiger charge is 2.35. The molecule has 1 aromatic carbocycles. The maximum Gasteiger partial charge on any atom is 0.303 e. The fourth-order valence-corrected chi connectivity index (χ4v) is 4.08. The molecular weight excluding hydrogens is 240 g/mol. The molecule has 1 aliphatic rings. The number of benzene rings is 1. The van der Waals surface area contributed by atoms with E-state index in [0.29, 0.717) is 16.9 Å². The highest BCUT2D eigenvalue weighted by Crippen LogP contribution is 2.34. The van der Waals surface area contributed by atoms with Crippen LogP contribution < -0.4 is 0 Å². The Labute approximate surface area is 100 Å². The van der Waals surface area contributed by atoms with Crippen molar-refractivity contribution in [2.45, 2.75) is 36.3 Å². The van der Waals surface area contributed by atoms with Crippen molar-refractivity contribution in [1.29, 1.82) is 0 Å². The number of fused-ring (bicyclic) bond motifs is 1. The maximum absolute atomic E-state index is 12.1. The van der Waals surface area contributed by atoms with Gasteiger partial charge in [-0.3, -0.25) is 4.79 Å². The number of aliphatic carboxylic acids is 1. The Hall–Kier alpha value is -1.36. The van der Waals surface area contributed by atoms with Gasteiger partial charge in [-0.25, -0.2) is 8.42 Å². The van der Waals surface area contributed by atoms with Gasteiger partial charge in [0.2, 0.25) is 0 Å². The average Bonchev–Trinajstić information content (AvgIpc) is 2.48. The Morgan fingerprint density at radius 1 is 1.47 bits per heavy atom. The van der Waals surface area contributed by atoms with E-state index in [1.807, 2.05) is 0 Å². The lowest BCUT2D eigenvalue weighted by Gasteiger charge is -2.07. The number of rotatable bonds is 3. The Morgan fingerprint density at radius 2 is 2.18 bits per heavy atom. The smallest absolute Gasteiger partial charge is 0.303 e. The van der Waals surface area contributed by atoms with Crippen molar-refractivity contribution in [1.82, 2.24) is 0 Å². The molecular formula is C12H14O4S. The van der Waals surface area contributed by atoms with E-state index in [0.717, 1.165) is 5.56 Å². The van der Waals surface area contributed by atoms with Gasteiger partial charge in [0.05, 0.1) is 10.1 Å². The van der Waals surface area contributed by atoms with Crippen LogP contribution in [-0.4, -0.2) is 24.7 Å². The van der Waals surface area contributed by atoms with Crippen LogP contribution in [-0.2, 0) is 27.5 Å². The second-order valence-electron chi connectivity index (χ2n) is 4.36. The van der Waals surface area contributed by atoms with E-state index >= 15 is 0 Å². The zero-order chi connectivity index (χ0) is 12.6. The minimum absolute atomic E-state index is 0.0413. The van der Waals surface area contributed by atoms with Gasteiger partial charge in [0.25, 0.3) is 0 Å². The molecule has 92 valence electrons. The summed E-state index contributed by atoms with van der Waals surface area (Å²) in [5, 5.41) is 8.26. The van der Waals surface area contributed by atoms with E-state index < -0.39 is 21.1 Å². The third-order valence-corrected chi connectivity index (χ3v) is 5.43. The second-order valence-corrected chi connectivity index (χ2v) is 6.66. The molecule has 17 heavy (non-hydrogen) atoms. The van der Waals surface area contributed by atoms with E-state index in [1.54, 1.807) is 25.1 Å². The van der Waals surface area contributed by atoms with Crippen molar-refractivity contribution in [3.8, 4) is 0 Å². The summed E-state index contributed by atoms with van der Waals surface area (Å²) in [6.45, 7) is 1.69. The van der Waals surface area contributed by atoms with Crippen LogP contribution in [0.15, 0.2) is 23.1 Å². The first-order valence-corrected chi connectivity index (χ1v) is 7.04. The topological polar surface area (TPSA) is 71.4 Å². The van der Waals surface area contributed by atoms with Crippen molar-refractivity contribution in [2.75, 3.05) is 0 Å². The first-order chi connectivity index (χ1) is 7.93. The Bertz CT molecular complexity index is 560. The Kier molecular flexibility index (Phi) is 2.95. The van der Waals surface area contributed by atoms with Gasteiger partial charge in [-0.15, -0.1) is 0 Å². The maximum atomic E-state index is 12.1.